The van der Waals surface area contributed by atoms with Crippen LogP contribution in [0.5, 0.6) is 0 Å². The fourth-order valence-electron chi connectivity index (χ4n) is 3.69. The number of benzene rings is 1. The van der Waals surface area contributed by atoms with Gasteiger partial charge in [-0.1, -0.05) is 36.4 Å². The van der Waals surface area contributed by atoms with Crippen molar-refractivity contribution in [2.24, 2.45) is 0 Å². The average molecular weight is 575 g/mol. The third kappa shape index (κ3) is 8.53. The van der Waals surface area contributed by atoms with Gasteiger partial charge in [0.1, 0.15) is 12.2 Å². The Hall–Kier alpha value is -1.94. The van der Waals surface area contributed by atoms with Gasteiger partial charge in [0, 0.05) is 24.4 Å². The maximum Gasteiger partial charge on any atom is 0.333 e. The van der Waals surface area contributed by atoms with Crippen LogP contribution in [0, 0.1) is 0 Å². The second-order valence-corrected chi connectivity index (χ2v) is 7.37. The number of rotatable bonds is 6. The molecular weight excluding hydrogens is 543 g/mol. The summed E-state index contributed by atoms with van der Waals surface area (Å²) in [7, 11) is 4.25. The Bertz CT molecular complexity index is 1180. The van der Waals surface area contributed by atoms with E-state index in [9.17, 15) is 19.8 Å². The van der Waals surface area contributed by atoms with E-state index in [1.54, 1.807) is 12.1 Å². The highest BCUT2D eigenvalue weighted by Gasteiger charge is 2.43. The molecule has 0 amide bonds. The summed E-state index contributed by atoms with van der Waals surface area (Å²) in [6.07, 6.45) is -3.28. The quantitative estimate of drug-likeness (QED) is 0.208. The molecule has 1 aromatic carbocycles. The molecule has 4 rings (SSSR count). The van der Waals surface area contributed by atoms with Gasteiger partial charge in [0.15, 0.2) is 6.23 Å². The van der Waals surface area contributed by atoms with E-state index in [4.69, 9.17) is 24.5 Å². The predicted molar refractivity (Wildman–Crippen MR) is 147 cm³/mol. The van der Waals surface area contributed by atoms with Crippen LogP contribution in [0.15, 0.2) is 70.4 Å². The highest BCUT2D eigenvalue weighted by atomic mass is 31.0. The van der Waals surface area contributed by atoms with Crippen molar-refractivity contribution in [2.45, 2.75) is 37.5 Å². The minimum absolute atomic E-state index is 0.0649. The SMILES string of the molecule is O=c1ccn(C2OC(CCO)C(O)C2O)c(=O)n1Cc1cccc(-c2ccccc2)n1.OP.OP.OP. The maximum atomic E-state index is 13.0. The summed E-state index contributed by atoms with van der Waals surface area (Å²) in [6, 6.07) is 16.1. The van der Waals surface area contributed by atoms with Gasteiger partial charge >= 0.3 is 5.69 Å². The molecule has 2 aromatic heterocycles. The lowest BCUT2D eigenvalue weighted by Crippen LogP contribution is -2.43. The highest BCUT2D eigenvalue weighted by Crippen LogP contribution is 2.29. The van der Waals surface area contributed by atoms with Crippen molar-refractivity contribution in [3.05, 3.63) is 87.3 Å². The molecule has 1 aliphatic heterocycles. The first-order valence-corrected chi connectivity index (χ1v) is 12.3. The Balaban J connectivity index is 0.00000106. The highest BCUT2D eigenvalue weighted by molar-refractivity contribution is 7.08. The fourth-order valence-corrected chi connectivity index (χ4v) is 3.69. The molecule has 204 valence electrons. The minimum atomic E-state index is -1.38. The summed E-state index contributed by atoms with van der Waals surface area (Å²) in [5.41, 5.74) is 0.929. The fraction of sp³-hybridized carbons (Fsp3) is 0.318. The van der Waals surface area contributed by atoms with Crippen LogP contribution in [0.2, 0.25) is 0 Å². The summed E-state index contributed by atoms with van der Waals surface area (Å²) in [6.45, 7) is -0.302. The number of hydrogen-bond donors (Lipinski definition) is 6. The summed E-state index contributed by atoms with van der Waals surface area (Å²) in [5.74, 6) is 0. The standard InChI is InChI=1S/C22H23N3O6.3H3OP/c26-12-10-17-19(28)20(29)21(31-17)24-11-9-18(27)25(22(24)30)13-15-7-4-8-16(23-15)14-5-2-1-3-6-14;3*1-2/h1-9,11,17,19-21,26,28-29H,10,12-13H2;3*1H,2H2. The molecule has 0 saturated carbocycles. The number of pyridine rings is 1. The van der Waals surface area contributed by atoms with Gasteiger partial charge < -0.3 is 34.7 Å². The second kappa shape index (κ2) is 17.5. The van der Waals surface area contributed by atoms with Gasteiger partial charge in [-0.2, -0.15) is 0 Å². The average Bonchev–Trinajstić information content (AvgIpc) is 3.23. The first-order chi connectivity index (χ1) is 18.0. The molecule has 6 N–H and O–H groups in total. The molecule has 0 aliphatic carbocycles. The van der Waals surface area contributed by atoms with Crippen LogP contribution in [0.3, 0.4) is 0 Å². The molecule has 12 nitrogen and oxygen atoms in total. The smallest absolute Gasteiger partial charge is 0.333 e. The largest absolute Gasteiger partial charge is 0.396 e. The molecule has 7 unspecified atom stereocenters. The Morgan fingerprint density at radius 3 is 2.14 bits per heavy atom. The van der Waals surface area contributed by atoms with Crippen molar-refractivity contribution in [1.29, 1.82) is 0 Å². The van der Waals surface area contributed by atoms with E-state index < -0.39 is 35.8 Å². The molecule has 15 heteroatoms. The van der Waals surface area contributed by atoms with Crippen LogP contribution in [0.25, 0.3) is 11.3 Å². The monoisotopic (exact) mass is 575 g/mol. The summed E-state index contributed by atoms with van der Waals surface area (Å²) in [4.78, 5) is 50.7. The van der Waals surface area contributed by atoms with Crippen molar-refractivity contribution in [1.82, 2.24) is 14.1 Å². The molecule has 37 heavy (non-hydrogen) atoms. The Labute approximate surface area is 220 Å². The van der Waals surface area contributed by atoms with E-state index in [2.05, 4.69) is 4.98 Å². The number of aromatic nitrogens is 3. The van der Waals surface area contributed by atoms with Gasteiger partial charge in [-0.3, -0.25) is 18.9 Å². The zero-order chi connectivity index (χ0) is 28.0. The summed E-state index contributed by atoms with van der Waals surface area (Å²) < 4.78 is 7.66. The summed E-state index contributed by atoms with van der Waals surface area (Å²) >= 11 is 0. The molecule has 0 radical (unpaired) electrons. The molecular formula is C22H32N3O9P3. The van der Waals surface area contributed by atoms with Crippen molar-refractivity contribution >= 4 is 28.4 Å². The van der Waals surface area contributed by atoms with Gasteiger partial charge in [-0.25, -0.2) is 4.79 Å². The van der Waals surface area contributed by atoms with Gasteiger partial charge in [0.05, 0.1) is 24.0 Å². The van der Waals surface area contributed by atoms with Crippen LogP contribution in [0.4, 0.5) is 0 Å². The number of nitrogens with zero attached hydrogens (tertiary/aromatic N) is 3. The van der Waals surface area contributed by atoms with E-state index in [1.807, 2.05) is 36.4 Å². The van der Waals surface area contributed by atoms with Crippen LogP contribution in [-0.2, 0) is 11.3 Å². The van der Waals surface area contributed by atoms with E-state index >= 15 is 0 Å². The lowest BCUT2D eigenvalue weighted by atomic mass is 10.1. The van der Waals surface area contributed by atoms with Crippen LogP contribution in [-0.4, -0.2) is 69.0 Å². The zero-order valence-corrected chi connectivity index (χ0v) is 23.2. The molecule has 3 aromatic rings. The van der Waals surface area contributed by atoms with Gasteiger partial charge in [0.25, 0.3) is 5.56 Å². The van der Waals surface area contributed by atoms with Gasteiger partial charge in [-0.15, -0.1) is 0 Å². The van der Waals surface area contributed by atoms with Crippen molar-refractivity contribution in [2.75, 3.05) is 6.61 Å². The first kappa shape index (κ1) is 33.1. The third-order valence-electron chi connectivity index (χ3n) is 5.32. The predicted octanol–water partition coefficient (Wildman–Crippen LogP) is -0.572. The van der Waals surface area contributed by atoms with E-state index in [0.717, 1.165) is 14.7 Å². The van der Waals surface area contributed by atoms with E-state index in [-0.39, 0.29) is 19.6 Å². The van der Waals surface area contributed by atoms with E-state index in [1.165, 1.54) is 40.7 Å². The Morgan fingerprint density at radius 1 is 0.865 bits per heavy atom. The molecule has 0 bridgehead atoms. The second-order valence-electron chi connectivity index (χ2n) is 7.37. The number of aliphatic hydroxyl groups is 3. The molecule has 1 saturated heterocycles. The number of aliphatic hydroxyl groups excluding tert-OH is 3. The third-order valence-corrected chi connectivity index (χ3v) is 5.32. The Morgan fingerprint density at radius 2 is 1.51 bits per heavy atom. The van der Waals surface area contributed by atoms with Gasteiger partial charge in [-0.05, 0) is 47.0 Å². The molecule has 1 fully saturated rings. The lowest BCUT2D eigenvalue weighted by molar-refractivity contribution is -0.0458. The first-order valence-electron chi connectivity index (χ1n) is 10.7. The van der Waals surface area contributed by atoms with Gasteiger partial charge in [0.2, 0.25) is 0 Å². The van der Waals surface area contributed by atoms with Crippen LogP contribution in [0.1, 0.15) is 18.3 Å². The minimum Gasteiger partial charge on any atom is -0.396 e. The normalized spacial score (nSPS) is 19.9. The van der Waals surface area contributed by atoms with Crippen molar-refractivity contribution in [3.63, 3.8) is 0 Å². The molecule has 1 aliphatic rings. The topological polar surface area (TPSA) is 188 Å². The maximum absolute atomic E-state index is 13.0. The number of ether oxygens (including phenoxy) is 1. The van der Waals surface area contributed by atoms with Crippen LogP contribution >= 0.6 is 28.4 Å². The van der Waals surface area contributed by atoms with Crippen molar-refractivity contribution in [3.8, 4) is 11.3 Å². The zero-order valence-electron chi connectivity index (χ0n) is 19.7. The molecule has 7 atom stereocenters. The van der Waals surface area contributed by atoms with E-state index in [0.29, 0.717) is 11.4 Å². The molecule has 3 heterocycles. The number of hydrogen-bond acceptors (Lipinski definition) is 10. The molecule has 0 spiro atoms. The lowest BCUT2D eigenvalue weighted by Gasteiger charge is -2.18. The Kier molecular flexibility index (Phi) is 15.7. The van der Waals surface area contributed by atoms with Crippen LogP contribution < -0.4 is 11.2 Å². The van der Waals surface area contributed by atoms with Crippen molar-refractivity contribution < 1.29 is 34.7 Å². The summed E-state index contributed by atoms with van der Waals surface area (Å²) in [5, 5.41) is 29.6.